The molecule has 1 saturated heterocycles. The molecule has 1 aliphatic heterocycles. The molecule has 1 amide bonds. The highest BCUT2D eigenvalue weighted by atomic mass is 16.3. The van der Waals surface area contributed by atoms with Gasteiger partial charge in [-0.2, -0.15) is 0 Å². The van der Waals surface area contributed by atoms with Crippen molar-refractivity contribution in [2.75, 3.05) is 13.1 Å². The number of likely N-dealkylation sites (tertiary alicyclic amines) is 1. The summed E-state index contributed by atoms with van der Waals surface area (Å²) in [5, 5.41) is 0. The van der Waals surface area contributed by atoms with Crippen molar-refractivity contribution in [3.05, 3.63) is 42.4 Å². The van der Waals surface area contributed by atoms with Gasteiger partial charge in [0.25, 0.3) is 0 Å². The molecule has 5 heteroatoms. The van der Waals surface area contributed by atoms with Crippen molar-refractivity contribution in [3.8, 4) is 0 Å². The van der Waals surface area contributed by atoms with E-state index < -0.39 is 0 Å². The van der Waals surface area contributed by atoms with Gasteiger partial charge in [-0.05, 0) is 37.3 Å². The first kappa shape index (κ1) is 15.5. The van der Waals surface area contributed by atoms with Crippen LogP contribution in [0.25, 0.3) is 0 Å². The third-order valence-electron chi connectivity index (χ3n) is 5.44. The van der Waals surface area contributed by atoms with Gasteiger partial charge in [0, 0.05) is 44.2 Å². The van der Waals surface area contributed by atoms with Crippen LogP contribution in [0, 0.1) is 5.92 Å². The fraction of sp³-hybridized carbons (Fsp3) is 0.579. The molecule has 0 bridgehead atoms. The van der Waals surface area contributed by atoms with Crippen molar-refractivity contribution in [2.45, 2.75) is 51.0 Å². The molecule has 0 aromatic carbocycles. The summed E-state index contributed by atoms with van der Waals surface area (Å²) in [6.07, 6.45) is 10.3. The monoisotopic (exact) mass is 327 g/mol. The molecule has 2 aromatic rings. The third-order valence-corrected chi connectivity index (χ3v) is 5.44. The van der Waals surface area contributed by atoms with Crippen molar-refractivity contribution in [1.82, 2.24) is 14.5 Å². The average Bonchev–Trinajstić information content (AvgIpc) is 3.04. The van der Waals surface area contributed by atoms with Crippen LogP contribution in [0.3, 0.4) is 0 Å². The maximum atomic E-state index is 12.6. The number of aryl methyl sites for hydroxylation is 1. The molecule has 0 N–H and O–H groups in total. The van der Waals surface area contributed by atoms with E-state index in [1.807, 2.05) is 23.5 Å². The van der Waals surface area contributed by atoms with E-state index in [-0.39, 0.29) is 5.91 Å². The van der Waals surface area contributed by atoms with E-state index in [1.54, 1.807) is 6.20 Å². The maximum Gasteiger partial charge on any atom is 0.223 e. The molecule has 3 heterocycles. The van der Waals surface area contributed by atoms with Crippen molar-refractivity contribution >= 4 is 5.91 Å². The topological polar surface area (TPSA) is 51.3 Å². The summed E-state index contributed by atoms with van der Waals surface area (Å²) in [6.45, 7) is 3.91. The second-order valence-corrected chi connectivity index (χ2v) is 7.27. The van der Waals surface area contributed by atoms with Crippen LogP contribution < -0.4 is 0 Å². The molecule has 0 spiro atoms. The van der Waals surface area contributed by atoms with Gasteiger partial charge in [0.2, 0.25) is 5.91 Å². The van der Waals surface area contributed by atoms with Crippen LogP contribution in [-0.2, 0) is 11.2 Å². The van der Waals surface area contributed by atoms with Gasteiger partial charge in [0.1, 0.15) is 11.5 Å². The van der Waals surface area contributed by atoms with Crippen LogP contribution in [0.15, 0.2) is 35.3 Å². The molecule has 2 fully saturated rings. The Morgan fingerprint density at radius 1 is 1.42 bits per heavy atom. The second kappa shape index (κ2) is 6.46. The molecule has 4 rings (SSSR count). The Labute approximate surface area is 142 Å². The Balaban J connectivity index is 1.30. The number of furan rings is 1. The van der Waals surface area contributed by atoms with Crippen LogP contribution in [0.1, 0.15) is 56.1 Å². The van der Waals surface area contributed by atoms with E-state index >= 15 is 0 Å². The number of rotatable bonds is 5. The molecule has 24 heavy (non-hydrogen) atoms. The Morgan fingerprint density at radius 2 is 2.29 bits per heavy atom. The highest BCUT2D eigenvalue weighted by molar-refractivity contribution is 5.76. The highest BCUT2D eigenvalue weighted by Gasteiger charge is 2.36. The zero-order chi connectivity index (χ0) is 16.5. The van der Waals surface area contributed by atoms with Gasteiger partial charge in [-0.3, -0.25) is 4.79 Å². The summed E-state index contributed by atoms with van der Waals surface area (Å²) < 4.78 is 8.03. The Morgan fingerprint density at radius 3 is 3.04 bits per heavy atom. The lowest BCUT2D eigenvalue weighted by Crippen LogP contribution is -2.40. The van der Waals surface area contributed by atoms with Crippen LogP contribution in [0.5, 0.6) is 0 Å². The lowest BCUT2D eigenvalue weighted by molar-refractivity contribution is -0.132. The lowest BCUT2D eigenvalue weighted by atomic mass is 10.0. The molecule has 0 radical (unpaired) electrons. The minimum absolute atomic E-state index is 0.234. The second-order valence-electron chi connectivity index (χ2n) is 7.27. The summed E-state index contributed by atoms with van der Waals surface area (Å²) in [5.74, 6) is 3.63. The van der Waals surface area contributed by atoms with E-state index in [4.69, 9.17) is 4.42 Å². The van der Waals surface area contributed by atoms with E-state index in [2.05, 4.69) is 22.5 Å². The number of hydrogen-bond donors (Lipinski definition) is 0. The number of carbonyl (C=O) groups excluding carboxylic acids is 1. The quantitative estimate of drug-likeness (QED) is 0.846. The minimum Gasteiger partial charge on any atom is -0.466 e. The van der Waals surface area contributed by atoms with Crippen molar-refractivity contribution in [1.29, 1.82) is 0 Å². The van der Waals surface area contributed by atoms with Crippen LogP contribution >= 0.6 is 0 Å². The number of imidazole rings is 1. The highest BCUT2D eigenvalue weighted by Crippen LogP contribution is 2.47. The zero-order valence-electron chi connectivity index (χ0n) is 14.2. The van der Waals surface area contributed by atoms with Gasteiger partial charge in [-0.1, -0.05) is 6.92 Å². The molecule has 1 aliphatic carbocycles. The molecule has 2 aliphatic rings. The third kappa shape index (κ3) is 3.25. The molecular weight excluding hydrogens is 302 g/mol. The van der Waals surface area contributed by atoms with Gasteiger partial charge in [-0.15, -0.1) is 0 Å². The fourth-order valence-electron chi connectivity index (χ4n) is 3.74. The number of carbonyl (C=O) groups is 1. The lowest BCUT2D eigenvalue weighted by Gasteiger charge is -2.33. The summed E-state index contributed by atoms with van der Waals surface area (Å²) in [4.78, 5) is 18.7. The van der Waals surface area contributed by atoms with Gasteiger partial charge < -0.3 is 13.9 Å². The number of nitrogens with zero attached hydrogens (tertiary/aromatic N) is 3. The van der Waals surface area contributed by atoms with E-state index in [1.165, 1.54) is 6.42 Å². The maximum absolute atomic E-state index is 12.6. The van der Waals surface area contributed by atoms with E-state index in [0.717, 1.165) is 43.4 Å². The fourth-order valence-corrected chi connectivity index (χ4v) is 3.74. The predicted octanol–water partition coefficient (Wildman–Crippen LogP) is 3.40. The first-order chi connectivity index (χ1) is 11.7. The number of aromatic nitrogens is 2. The predicted molar refractivity (Wildman–Crippen MR) is 90.6 cm³/mol. The van der Waals surface area contributed by atoms with Crippen LogP contribution in [-0.4, -0.2) is 33.4 Å². The molecular formula is C19H25N3O2. The first-order valence-corrected chi connectivity index (χ1v) is 9.04. The van der Waals surface area contributed by atoms with E-state index in [9.17, 15) is 4.79 Å². The van der Waals surface area contributed by atoms with Crippen LogP contribution in [0.2, 0.25) is 0 Å². The summed E-state index contributed by atoms with van der Waals surface area (Å²) >= 11 is 0. The summed E-state index contributed by atoms with van der Waals surface area (Å²) in [6, 6.07) is 4.49. The molecule has 3 atom stereocenters. The Hall–Kier alpha value is -2.04. The standard InChI is InChI=1S/C19H25N3O2/c1-14-11-17(14)18-6-4-16(24-18)5-7-19(23)21-9-2-3-15(12-21)22-10-8-20-13-22/h4,6,8,10,13-15,17H,2-3,5,7,9,11-12H2,1H3/t14-,15+,17+/m1/s1. The minimum atomic E-state index is 0.234. The number of amides is 1. The van der Waals surface area contributed by atoms with Crippen molar-refractivity contribution in [2.24, 2.45) is 5.92 Å². The zero-order valence-corrected chi connectivity index (χ0v) is 14.2. The van der Waals surface area contributed by atoms with Crippen molar-refractivity contribution < 1.29 is 9.21 Å². The average molecular weight is 327 g/mol. The van der Waals surface area contributed by atoms with Crippen molar-refractivity contribution in [3.63, 3.8) is 0 Å². The van der Waals surface area contributed by atoms with E-state index in [0.29, 0.717) is 24.8 Å². The molecule has 5 nitrogen and oxygen atoms in total. The summed E-state index contributed by atoms with van der Waals surface area (Å²) in [7, 11) is 0. The van der Waals surface area contributed by atoms with Gasteiger partial charge >= 0.3 is 0 Å². The first-order valence-electron chi connectivity index (χ1n) is 9.04. The Kier molecular flexibility index (Phi) is 4.17. The molecule has 2 aromatic heterocycles. The summed E-state index contributed by atoms with van der Waals surface area (Å²) in [5.41, 5.74) is 0. The molecule has 0 unspecified atom stereocenters. The molecule has 1 saturated carbocycles. The number of hydrogen-bond acceptors (Lipinski definition) is 3. The smallest absolute Gasteiger partial charge is 0.223 e. The normalized spacial score (nSPS) is 26.5. The van der Waals surface area contributed by atoms with Gasteiger partial charge in [-0.25, -0.2) is 4.98 Å². The van der Waals surface area contributed by atoms with Gasteiger partial charge in [0.15, 0.2) is 0 Å². The molecule has 128 valence electrons. The number of piperidine rings is 1. The van der Waals surface area contributed by atoms with Gasteiger partial charge in [0.05, 0.1) is 12.4 Å². The van der Waals surface area contributed by atoms with Crippen LogP contribution in [0.4, 0.5) is 0 Å². The Bertz CT molecular complexity index is 691. The SMILES string of the molecule is C[C@@H]1C[C@@H]1c1ccc(CCC(=O)N2CCC[C@H](n3ccnc3)C2)o1. The largest absolute Gasteiger partial charge is 0.466 e.